The highest BCUT2D eigenvalue weighted by atomic mass is 35.5. The van der Waals surface area contributed by atoms with Gasteiger partial charge in [0.25, 0.3) is 0 Å². The standard InChI is InChI=1S/C10H9ClN2OS/c1-6-10(15-9(5-14)12-6)7-3-2-4-8(11)13-7/h2-4,14H,5H2,1H3. The van der Waals surface area contributed by atoms with E-state index in [0.29, 0.717) is 10.2 Å². The van der Waals surface area contributed by atoms with Gasteiger partial charge in [0.1, 0.15) is 10.2 Å². The first-order chi connectivity index (χ1) is 7.20. The molecule has 78 valence electrons. The van der Waals surface area contributed by atoms with Gasteiger partial charge in [-0.05, 0) is 19.1 Å². The Morgan fingerprint density at radius 1 is 1.40 bits per heavy atom. The number of aliphatic hydroxyl groups excluding tert-OH is 1. The maximum atomic E-state index is 8.98. The third-order valence-electron chi connectivity index (χ3n) is 1.92. The fourth-order valence-corrected chi connectivity index (χ4v) is 2.35. The van der Waals surface area contributed by atoms with Crippen LogP contribution in [0.2, 0.25) is 5.15 Å². The molecule has 0 aliphatic carbocycles. The third-order valence-corrected chi connectivity index (χ3v) is 3.30. The van der Waals surface area contributed by atoms with Crippen LogP contribution in [0.4, 0.5) is 0 Å². The fraction of sp³-hybridized carbons (Fsp3) is 0.200. The first-order valence-electron chi connectivity index (χ1n) is 4.41. The Labute approximate surface area is 96.4 Å². The van der Waals surface area contributed by atoms with Crippen LogP contribution in [-0.4, -0.2) is 15.1 Å². The normalized spacial score (nSPS) is 10.6. The molecule has 0 unspecified atom stereocenters. The number of hydrogen-bond donors (Lipinski definition) is 1. The molecule has 2 rings (SSSR count). The molecule has 0 aliphatic rings. The second kappa shape index (κ2) is 4.26. The number of thiazole rings is 1. The molecule has 0 bridgehead atoms. The molecular formula is C10H9ClN2OS. The van der Waals surface area contributed by atoms with Gasteiger partial charge in [0.15, 0.2) is 0 Å². The van der Waals surface area contributed by atoms with Crippen molar-refractivity contribution in [3.8, 4) is 10.6 Å². The van der Waals surface area contributed by atoms with Gasteiger partial charge in [0.05, 0.1) is 22.9 Å². The predicted octanol–water partition coefficient (Wildman–Crippen LogP) is 2.66. The monoisotopic (exact) mass is 240 g/mol. The molecule has 0 fully saturated rings. The molecule has 0 aliphatic heterocycles. The van der Waals surface area contributed by atoms with Crippen LogP contribution in [0.3, 0.4) is 0 Å². The quantitative estimate of drug-likeness (QED) is 0.821. The molecule has 0 radical (unpaired) electrons. The average Bonchev–Trinajstić information content (AvgIpc) is 2.60. The Kier molecular flexibility index (Phi) is 3.00. The predicted molar refractivity (Wildman–Crippen MR) is 61.0 cm³/mol. The van der Waals surface area contributed by atoms with E-state index >= 15 is 0 Å². The molecular weight excluding hydrogens is 232 g/mol. The van der Waals surface area contributed by atoms with E-state index in [1.165, 1.54) is 11.3 Å². The summed E-state index contributed by atoms with van der Waals surface area (Å²) in [5.74, 6) is 0. The lowest BCUT2D eigenvalue weighted by Crippen LogP contribution is -1.83. The fourth-order valence-electron chi connectivity index (χ4n) is 1.29. The maximum Gasteiger partial charge on any atom is 0.129 e. The molecule has 0 atom stereocenters. The van der Waals surface area contributed by atoms with Gasteiger partial charge in [-0.1, -0.05) is 17.7 Å². The van der Waals surface area contributed by atoms with Crippen molar-refractivity contribution in [1.82, 2.24) is 9.97 Å². The first kappa shape index (κ1) is 10.5. The molecule has 2 aromatic heterocycles. The zero-order valence-corrected chi connectivity index (χ0v) is 9.64. The van der Waals surface area contributed by atoms with Crippen LogP contribution >= 0.6 is 22.9 Å². The van der Waals surface area contributed by atoms with Gasteiger partial charge in [-0.15, -0.1) is 11.3 Å². The van der Waals surface area contributed by atoms with E-state index in [1.54, 1.807) is 6.07 Å². The molecule has 3 nitrogen and oxygen atoms in total. The summed E-state index contributed by atoms with van der Waals surface area (Å²) in [6, 6.07) is 5.46. The van der Waals surface area contributed by atoms with Gasteiger partial charge >= 0.3 is 0 Å². The van der Waals surface area contributed by atoms with E-state index in [1.807, 2.05) is 19.1 Å². The van der Waals surface area contributed by atoms with Gasteiger partial charge < -0.3 is 5.11 Å². The highest BCUT2D eigenvalue weighted by Crippen LogP contribution is 2.29. The summed E-state index contributed by atoms with van der Waals surface area (Å²) in [6.07, 6.45) is 0. The van der Waals surface area contributed by atoms with Crippen LogP contribution < -0.4 is 0 Å². The third kappa shape index (κ3) is 2.17. The Bertz CT molecular complexity index is 484. The molecule has 15 heavy (non-hydrogen) atoms. The van der Waals surface area contributed by atoms with Crippen molar-refractivity contribution < 1.29 is 5.11 Å². The Hall–Kier alpha value is -0.970. The van der Waals surface area contributed by atoms with Gasteiger partial charge in [0.2, 0.25) is 0 Å². The van der Waals surface area contributed by atoms with Crippen molar-refractivity contribution in [3.05, 3.63) is 34.1 Å². The van der Waals surface area contributed by atoms with E-state index in [0.717, 1.165) is 16.3 Å². The Morgan fingerprint density at radius 2 is 2.20 bits per heavy atom. The molecule has 0 aromatic carbocycles. The van der Waals surface area contributed by atoms with Crippen molar-refractivity contribution in [3.63, 3.8) is 0 Å². The largest absolute Gasteiger partial charge is 0.389 e. The van der Waals surface area contributed by atoms with Gasteiger partial charge in [-0.2, -0.15) is 0 Å². The second-order valence-electron chi connectivity index (χ2n) is 3.03. The minimum atomic E-state index is -0.0356. The van der Waals surface area contributed by atoms with E-state index in [-0.39, 0.29) is 6.61 Å². The first-order valence-corrected chi connectivity index (χ1v) is 5.60. The molecule has 5 heteroatoms. The maximum absolute atomic E-state index is 8.98. The van der Waals surface area contributed by atoms with Gasteiger partial charge in [-0.25, -0.2) is 9.97 Å². The summed E-state index contributed by atoms with van der Waals surface area (Å²) in [7, 11) is 0. The minimum absolute atomic E-state index is 0.0356. The number of halogens is 1. The topological polar surface area (TPSA) is 46.0 Å². The minimum Gasteiger partial charge on any atom is -0.389 e. The molecule has 0 spiro atoms. The van der Waals surface area contributed by atoms with Crippen LogP contribution in [0.25, 0.3) is 10.6 Å². The summed E-state index contributed by atoms with van der Waals surface area (Å²) in [5.41, 5.74) is 1.68. The molecule has 0 saturated heterocycles. The second-order valence-corrected chi connectivity index (χ2v) is 4.50. The number of rotatable bonds is 2. The van der Waals surface area contributed by atoms with Crippen LogP contribution in [0.1, 0.15) is 10.7 Å². The highest BCUT2D eigenvalue weighted by Gasteiger charge is 2.10. The smallest absolute Gasteiger partial charge is 0.129 e. The summed E-state index contributed by atoms with van der Waals surface area (Å²) >= 11 is 7.25. The number of pyridine rings is 1. The summed E-state index contributed by atoms with van der Waals surface area (Å²) < 4.78 is 0. The Morgan fingerprint density at radius 3 is 2.80 bits per heavy atom. The van der Waals surface area contributed by atoms with E-state index < -0.39 is 0 Å². The lowest BCUT2D eigenvalue weighted by Gasteiger charge is -1.97. The number of nitrogens with zero attached hydrogens (tertiary/aromatic N) is 2. The molecule has 0 saturated carbocycles. The molecule has 2 heterocycles. The lowest BCUT2D eigenvalue weighted by atomic mass is 10.3. The SMILES string of the molecule is Cc1nc(CO)sc1-c1cccc(Cl)n1. The zero-order valence-electron chi connectivity index (χ0n) is 8.07. The Balaban J connectivity index is 2.48. The number of aryl methyl sites for hydroxylation is 1. The van der Waals surface area contributed by atoms with E-state index in [2.05, 4.69) is 9.97 Å². The summed E-state index contributed by atoms with van der Waals surface area (Å²) in [4.78, 5) is 9.39. The number of aromatic nitrogens is 2. The van der Waals surface area contributed by atoms with E-state index in [9.17, 15) is 0 Å². The van der Waals surface area contributed by atoms with Crippen LogP contribution in [-0.2, 0) is 6.61 Å². The van der Waals surface area contributed by atoms with Gasteiger partial charge in [0, 0.05) is 0 Å². The zero-order chi connectivity index (χ0) is 10.8. The molecule has 0 amide bonds. The summed E-state index contributed by atoms with van der Waals surface area (Å²) in [6.45, 7) is 1.86. The van der Waals surface area contributed by atoms with Crippen molar-refractivity contribution in [1.29, 1.82) is 0 Å². The van der Waals surface area contributed by atoms with Crippen molar-refractivity contribution >= 4 is 22.9 Å². The van der Waals surface area contributed by atoms with Gasteiger partial charge in [-0.3, -0.25) is 0 Å². The van der Waals surface area contributed by atoms with Crippen molar-refractivity contribution in [2.75, 3.05) is 0 Å². The summed E-state index contributed by atoms with van der Waals surface area (Å²) in [5, 5.41) is 10.1. The lowest BCUT2D eigenvalue weighted by molar-refractivity contribution is 0.281. The number of hydrogen-bond acceptors (Lipinski definition) is 4. The highest BCUT2D eigenvalue weighted by molar-refractivity contribution is 7.15. The van der Waals surface area contributed by atoms with E-state index in [4.69, 9.17) is 16.7 Å². The van der Waals surface area contributed by atoms with Crippen LogP contribution in [0.15, 0.2) is 18.2 Å². The molecule has 1 N–H and O–H groups in total. The van der Waals surface area contributed by atoms with Crippen molar-refractivity contribution in [2.24, 2.45) is 0 Å². The van der Waals surface area contributed by atoms with Crippen molar-refractivity contribution in [2.45, 2.75) is 13.5 Å². The number of aliphatic hydroxyl groups is 1. The van der Waals surface area contributed by atoms with Crippen LogP contribution in [0.5, 0.6) is 0 Å². The van der Waals surface area contributed by atoms with Crippen LogP contribution in [0, 0.1) is 6.92 Å². The average molecular weight is 241 g/mol. The molecule has 2 aromatic rings.